The molecule has 0 rings (SSSR count). The molecule has 0 heterocycles. The summed E-state index contributed by atoms with van der Waals surface area (Å²) in [6.45, 7) is 6.70. The first-order chi connectivity index (χ1) is 6.79. The minimum Gasteiger partial charge on any atom is -0.353 e. The Morgan fingerprint density at radius 3 is 2.40 bits per heavy atom. The third kappa shape index (κ3) is 6.00. The van der Waals surface area contributed by atoms with E-state index in [0.717, 1.165) is 13.0 Å². The minimum absolute atomic E-state index is 0.0313. The van der Waals surface area contributed by atoms with E-state index in [1.165, 1.54) is 0 Å². The summed E-state index contributed by atoms with van der Waals surface area (Å²) in [5, 5.41) is 2.98. The fourth-order valence-corrected chi connectivity index (χ4v) is 1.13. The zero-order chi connectivity index (χ0) is 12.1. The summed E-state index contributed by atoms with van der Waals surface area (Å²) in [6, 6.07) is 0.197. The van der Waals surface area contributed by atoms with Crippen molar-refractivity contribution < 1.29 is 4.79 Å². The van der Waals surface area contributed by atoms with Crippen molar-refractivity contribution in [2.75, 3.05) is 26.5 Å². The van der Waals surface area contributed by atoms with E-state index in [9.17, 15) is 4.79 Å². The Morgan fingerprint density at radius 2 is 2.00 bits per heavy atom. The SMILES string of the molecule is CC(CCN(C)C)NC(=O)C(C)(C)CCl. The molecule has 0 bridgehead atoms. The number of nitrogens with one attached hydrogen (secondary N) is 1. The zero-order valence-electron chi connectivity index (χ0n) is 10.4. The van der Waals surface area contributed by atoms with Crippen molar-refractivity contribution in [1.29, 1.82) is 0 Å². The van der Waals surface area contributed by atoms with Gasteiger partial charge >= 0.3 is 0 Å². The molecule has 0 aliphatic carbocycles. The Morgan fingerprint density at radius 1 is 1.47 bits per heavy atom. The van der Waals surface area contributed by atoms with Crippen molar-refractivity contribution in [2.45, 2.75) is 33.2 Å². The molecule has 1 amide bonds. The number of halogens is 1. The Labute approximate surface area is 98.2 Å². The highest BCUT2D eigenvalue weighted by Crippen LogP contribution is 2.17. The normalized spacial score (nSPS) is 14.1. The summed E-state index contributed by atoms with van der Waals surface area (Å²) in [6.07, 6.45) is 0.955. The lowest BCUT2D eigenvalue weighted by atomic mass is 9.95. The van der Waals surface area contributed by atoms with Gasteiger partial charge in [0.15, 0.2) is 0 Å². The molecule has 0 aromatic carbocycles. The van der Waals surface area contributed by atoms with Crippen LogP contribution in [-0.2, 0) is 4.79 Å². The smallest absolute Gasteiger partial charge is 0.227 e. The second-order valence-corrected chi connectivity index (χ2v) is 5.25. The number of amides is 1. The van der Waals surface area contributed by atoms with Crippen LogP contribution < -0.4 is 5.32 Å². The van der Waals surface area contributed by atoms with Gasteiger partial charge in [0.1, 0.15) is 0 Å². The molecule has 0 aliphatic heterocycles. The van der Waals surface area contributed by atoms with Crippen LogP contribution in [0.15, 0.2) is 0 Å². The van der Waals surface area contributed by atoms with Gasteiger partial charge in [-0.05, 0) is 47.8 Å². The van der Waals surface area contributed by atoms with Crippen LogP contribution in [0.3, 0.4) is 0 Å². The first kappa shape index (κ1) is 14.7. The van der Waals surface area contributed by atoms with Crippen LogP contribution >= 0.6 is 11.6 Å². The van der Waals surface area contributed by atoms with Gasteiger partial charge in [-0.25, -0.2) is 0 Å². The van der Waals surface area contributed by atoms with E-state index in [2.05, 4.69) is 10.2 Å². The summed E-state index contributed by atoms with van der Waals surface area (Å²) < 4.78 is 0. The third-order valence-corrected chi connectivity index (χ3v) is 3.00. The lowest BCUT2D eigenvalue weighted by Gasteiger charge is -2.24. The number of nitrogens with zero attached hydrogens (tertiary/aromatic N) is 1. The quantitative estimate of drug-likeness (QED) is 0.710. The predicted molar refractivity (Wildman–Crippen MR) is 65.3 cm³/mol. The fourth-order valence-electron chi connectivity index (χ4n) is 1.00. The van der Waals surface area contributed by atoms with Crippen molar-refractivity contribution in [3.05, 3.63) is 0 Å². The Balaban J connectivity index is 3.96. The molecule has 1 unspecified atom stereocenters. The summed E-state index contributed by atoms with van der Waals surface area (Å²) in [5.41, 5.74) is -0.478. The molecule has 0 fully saturated rings. The number of hydrogen-bond acceptors (Lipinski definition) is 2. The molecule has 0 aromatic rings. The molecule has 1 N–H and O–H groups in total. The van der Waals surface area contributed by atoms with E-state index in [-0.39, 0.29) is 11.9 Å². The van der Waals surface area contributed by atoms with E-state index in [4.69, 9.17) is 11.6 Å². The zero-order valence-corrected chi connectivity index (χ0v) is 11.2. The van der Waals surface area contributed by atoms with Gasteiger partial charge in [0.2, 0.25) is 5.91 Å². The maximum Gasteiger partial charge on any atom is 0.227 e. The van der Waals surface area contributed by atoms with Crippen molar-refractivity contribution >= 4 is 17.5 Å². The van der Waals surface area contributed by atoms with Gasteiger partial charge in [0, 0.05) is 11.9 Å². The first-order valence-corrected chi connectivity index (χ1v) is 5.84. The molecule has 0 saturated heterocycles. The number of alkyl halides is 1. The average molecular weight is 235 g/mol. The molecule has 3 nitrogen and oxygen atoms in total. The molecule has 0 aliphatic rings. The van der Waals surface area contributed by atoms with Crippen LogP contribution in [0.2, 0.25) is 0 Å². The van der Waals surface area contributed by atoms with Crippen LogP contribution in [0.5, 0.6) is 0 Å². The van der Waals surface area contributed by atoms with Crippen LogP contribution in [0, 0.1) is 5.41 Å². The van der Waals surface area contributed by atoms with Crippen molar-refractivity contribution in [3.8, 4) is 0 Å². The molecule has 0 saturated carbocycles. The van der Waals surface area contributed by atoms with E-state index < -0.39 is 5.41 Å². The predicted octanol–water partition coefficient (Wildman–Crippen LogP) is 1.71. The van der Waals surface area contributed by atoms with E-state index >= 15 is 0 Å². The highest BCUT2D eigenvalue weighted by molar-refractivity contribution is 6.19. The second-order valence-electron chi connectivity index (χ2n) is 4.98. The summed E-state index contributed by atoms with van der Waals surface area (Å²) >= 11 is 5.73. The Kier molecular flexibility index (Phi) is 6.22. The van der Waals surface area contributed by atoms with Gasteiger partial charge in [0.05, 0.1) is 5.41 Å². The molecule has 15 heavy (non-hydrogen) atoms. The number of rotatable bonds is 6. The third-order valence-electron chi connectivity index (χ3n) is 2.34. The maximum absolute atomic E-state index is 11.7. The molecular formula is C11H23ClN2O. The number of hydrogen-bond donors (Lipinski definition) is 1. The summed E-state index contributed by atoms with van der Waals surface area (Å²) in [4.78, 5) is 13.8. The van der Waals surface area contributed by atoms with Gasteiger partial charge in [-0.1, -0.05) is 0 Å². The topological polar surface area (TPSA) is 32.3 Å². The fraction of sp³-hybridized carbons (Fsp3) is 0.909. The first-order valence-electron chi connectivity index (χ1n) is 5.31. The monoisotopic (exact) mass is 234 g/mol. The summed E-state index contributed by atoms with van der Waals surface area (Å²) in [5.74, 6) is 0.378. The molecule has 0 aromatic heterocycles. The average Bonchev–Trinajstić information content (AvgIpc) is 2.14. The Hall–Kier alpha value is -0.280. The molecule has 1 atom stereocenters. The number of carbonyl (C=O) groups is 1. The standard InChI is InChI=1S/C11H23ClN2O/c1-9(6-7-14(4)5)13-10(15)11(2,3)8-12/h9H,6-8H2,1-5H3,(H,13,15). The highest BCUT2D eigenvalue weighted by Gasteiger charge is 2.27. The molecule has 90 valence electrons. The van der Waals surface area contributed by atoms with Crippen LogP contribution in [0.4, 0.5) is 0 Å². The lowest BCUT2D eigenvalue weighted by Crippen LogP contribution is -2.43. The van der Waals surface area contributed by atoms with Crippen molar-refractivity contribution in [1.82, 2.24) is 10.2 Å². The van der Waals surface area contributed by atoms with Gasteiger partial charge in [-0.2, -0.15) is 0 Å². The van der Waals surface area contributed by atoms with E-state index in [1.807, 2.05) is 34.9 Å². The van der Waals surface area contributed by atoms with Gasteiger partial charge in [0.25, 0.3) is 0 Å². The van der Waals surface area contributed by atoms with Crippen LogP contribution in [-0.4, -0.2) is 43.4 Å². The number of carbonyl (C=O) groups excluding carboxylic acids is 1. The van der Waals surface area contributed by atoms with E-state index in [1.54, 1.807) is 0 Å². The largest absolute Gasteiger partial charge is 0.353 e. The molecule has 0 spiro atoms. The van der Waals surface area contributed by atoms with Crippen LogP contribution in [0.1, 0.15) is 27.2 Å². The van der Waals surface area contributed by atoms with Gasteiger partial charge in [-0.3, -0.25) is 4.79 Å². The van der Waals surface area contributed by atoms with E-state index in [0.29, 0.717) is 5.88 Å². The van der Waals surface area contributed by atoms with Crippen molar-refractivity contribution in [2.24, 2.45) is 5.41 Å². The Bertz CT molecular complexity index is 205. The maximum atomic E-state index is 11.7. The molecular weight excluding hydrogens is 212 g/mol. The minimum atomic E-state index is -0.478. The second kappa shape index (κ2) is 6.33. The lowest BCUT2D eigenvalue weighted by molar-refractivity contribution is -0.129. The van der Waals surface area contributed by atoms with Gasteiger partial charge < -0.3 is 10.2 Å². The molecule has 0 radical (unpaired) electrons. The van der Waals surface area contributed by atoms with Crippen LogP contribution in [0.25, 0.3) is 0 Å². The van der Waals surface area contributed by atoms with Crippen molar-refractivity contribution in [3.63, 3.8) is 0 Å². The molecule has 4 heteroatoms. The highest BCUT2D eigenvalue weighted by atomic mass is 35.5. The van der Waals surface area contributed by atoms with Gasteiger partial charge in [-0.15, -0.1) is 11.6 Å². The summed E-state index contributed by atoms with van der Waals surface area (Å²) in [7, 11) is 4.05.